The molecule has 0 saturated carbocycles. The fourth-order valence-corrected chi connectivity index (χ4v) is 5.31. The fourth-order valence-electron chi connectivity index (χ4n) is 4.51. The van der Waals surface area contributed by atoms with Crippen molar-refractivity contribution in [3.05, 3.63) is 87.7 Å². The molecule has 0 saturated heterocycles. The highest BCUT2D eigenvalue weighted by molar-refractivity contribution is 8.27. The Morgan fingerprint density at radius 2 is 1.75 bits per heavy atom. The number of aromatic nitrogens is 1. The van der Waals surface area contributed by atoms with Crippen LogP contribution >= 0.6 is 11.8 Å². The monoisotopic (exact) mass is 497 g/mol. The van der Waals surface area contributed by atoms with Gasteiger partial charge in [-0.3, -0.25) is 10.2 Å². The van der Waals surface area contributed by atoms with Crippen molar-refractivity contribution in [1.29, 1.82) is 5.41 Å². The molecular formula is C28H27N5O2S. The van der Waals surface area contributed by atoms with E-state index in [4.69, 9.17) is 10.1 Å². The maximum Gasteiger partial charge on any atom is 0.283 e. The number of carbonyl (C=O) groups excluding carboxylic acids is 1. The van der Waals surface area contributed by atoms with Gasteiger partial charge in [0, 0.05) is 17.1 Å². The van der Waals surface area contributed by atoms with Gasteiger partial charge in [-0.15, -0.1) is 0 Å². The summed E-state index contributed by atoms with van der Waals surface area (Å²) in [5, 5.41) is 15.7. The van der Waals surface area contributed by atoms with Crippen LogP contribution in [0.5, 0.6) is 5.75 Å². The van der Waals surface area contributed by atoms with E-state index in [1.54, 1.807) is 6.08 Å². The van der Waals surface area contributed by atoms with Gasteiger partial charge in [-0.25, -0.2) is 0 Å². The Labute approximate surface area is 214 Å². The number of carbonyl (C=O) groups is 1. The molecule has 0 bridgehead atoms. The topological polar surface area (TPSA) is 83.0 Å². The lowest BCUT2D eigenvalue weighted by molar-refractivity contribution is -0.114. The molecule has 0 aliphatic carbocycles. The van der Waals surface area contributed by atoms with Gasteiger partial charge in [0.1, 0.15) is 17.4 Å². The predicted molar refractivity (Wildman–Crippen MR) is 146 cm³/mol. The minimum atomic E-state index is -0.439. The highest BCUT2D eigenvalue weighted by atomic mass is 32.2. The summed E-state index contributed by atoms with van der Waals surface area (Å²) in [5.41, 5.74) is 7.62. The maximum absolute atomic E-state index is 12.9. The Hall–Kier alpha value is -3.91. The number of nitrogens with one attached hydrogen (secondary N) is 1. The van der Waals surface area contributed by atoms with Crippen molar-refractivity contribution in [3.63, 3.8) is 0 Å². The Morgan fingerprint density at radius 1 is 1.03 bits per heavy atom. The zero-order valence-corrected chi connectivity index (χ0v) is 21.7. The molecule has 1 aromatic heterocycles. The SMILES string of the molecule is Cc1cc(C)cc(-n2c(C)cc(/C=C3/C(=N)N4N=C(COc5ccccc5C)SC4=NC3=O)c2C)c1. The van der Waals surface area contributed by atoms with Crippen molar-refractivity contribution >= 4 is 39.8 Å². The van der Waals surface area contributed by atoms with E-state index in [0.717, 1.165) is 34.0 Å². The minimum Gasteiger partial charge on any atom is -0.486 e. The summed E-state index contributed by atoms with van der Waals surface area (Å²) in [6, 6.07) is 16.2. The van der Waals surface area contributed by atoms with E-state index in [2.05, 4.69) is 46.7 Å². The molecule has 182 valence electrons. The average Bonchev–Trinajstić information content (AvgIpc) is 3.35. The van der Waals surface area contributed by atoms with E-state index >= 15 is 0 Å². The molecule has 36 heavy (non-hydrogen) atoms. The molecule has 1 N–H and O–H groups in total. The number of para-hydroxylation sites is 1. The number of hydrogen-bond acceptors (Lipinski definition) is 5. The Kier molecular flexibility index (Phi) is 6.14. The standard InChI is InChI=1S/C28H27N5O2S/c1-16-10-17(2)12-22(11-16)32-19(4)13-21(20(32)5)14-23-26(29)33-28(30-27(23)34)36-25(31-33)15-35-24-9-7-6-8-18(24)3/h6-14,29H,15H2,1-5H3/b23-14-,29-26?. The molecule has 0 fully saturated rings. The molecule has 0 spiro atoms. The largest absolute Gasteiger partial charge is 0.486 e. The molecule has 0 unspecified atom stereocenters. The van der Waals surface area contributed by atoms with Crippen LogP contribution in [0.4, 0.5) is 0 Å². The second-order valence-corrected chi connectivity index (χ2v) is 10.1. The van der Waals surface area contributed by atoms with E-state index in [1.807, 2.05) is 51.1 Å². The van der Waals surface area contributed by atoms with Gasteiger partial charge in [-0.2, -0.15) is 15.1 Å². The number of nitrogens with zero attached hydrogens (tertiary/aromatic N) is 4. The van der Waals surface area contributed by atoms with E-state index in [1.165, 1.54) is 27.9 Å². The summed E-state index contributed by atoms with van der Waals surface area (Å²) in [6.45, 7) is 10.4. The quantitative estimate of drug-likeness (QED) is 0.457. The van der Waals surface area contributed by atoms with E-state index in [9.17, 15) is 4.79 Å². The number of aryl methyl sites for hydroxylation is 4. The van der Waals surface area contributed by atoms with Crippen LogP contribution in [0.2, 0.25) is 0 Å². The van der Waals surface area contributed by atoms with Crippen molar-refractivity contribution in [2.45, 2.75) is 34.6 Å². The number of rotatable bonds is 5. The minimum absolute atomic E-state index is 0.0135. The zero-order chi connectivity index (χ0) is 25.6. The zero-order valence-electron chi connectivity index (χ0n) is 20.9. The summed E-state index contributed by atoms with van der Waals surface area (Å²) >= 11 is 1.25. The number of benzene rings is 2. The van der Waals surface area contributed by atoms with Crippen LogP contribution in [0, 0.1) is 40.0 Å². The van der Waals surface area contributed by atoms with E-state index in [-0.39, 0.29) is 18.0 Å². The normalized spacial score (nSPS) is 16.4. The van der Waals surface area contributed by atoms with Gasteiger partial charge < -0.3 is 9.30 Å². The number of fused-ring (bicyclic) bond motifs is 1. The molecule has 2 aliphatic heterocycles. The second kappa shape index (κ2) is 9.28. The molecule has 8 heteroatoms. The number of ether oxygens (including phenoxy) is 1. The lowest BCUT2D eigenvalue weighted by atomic mass is 10.1. The number of hydrazone groups is 1. The number of thioether (sulfide) groups is 1. The Bertz CT molecular complexity index is 1490. The van der Waals surface area contributed by atoms with Crippen molar-refractivity contribution in [1.82, 2.24) is 9.58 Å². The van der Waals surface area contributed by atoms with E-state index in [0.29, 0.717) is 10.2 Å². The molecule has 3 heterocycles. The average molecular weight is 498 g/mol. The van der Waals surface area contributed by atoms with Crippen molar-refractivity contribution in [2.75, 3.05) is 6.61 Å². The van der Waals surface area contributed by atoms with Gasteiger partial charge in [0.15, 0.2) is 5.84 Å². The van der Waals surface area contributed by atoms with Crippen molar-refractivity contribution < 1.29 is 9.53 Å². The lowest BCUT2D eigenvalue weighted by Gasteiger charge is -2.20. The Morgan fingerprint density at radius 3 is 2.47 bits per heavy atom. The van der Waals surface area contributed by atoms with Crippen LogP contribution in [-0.4, -0.2) is 38.1 Å². The molecule has 7 nitrogen and oxygen atoms in total. The molecule has 0 atom stereocenters. The molecule has 1 amide bonds. The first-order valence-corrected chi connectivity index (χ1v) is 12.5. The van der Waals surface area contributed by atoms with Crippen LogP contribution in [0.25, 0.3) is 11.8 Å². The van der Waals surface area contributed by atoms with Crippen LogP contribution in [0.15, 0.2) is 64.2 Å². The summed E-state index contributed by atoms with van der Waals surface area (Å²) in [4.78, 5) is 17.1. The van der Waals surface area contributed by atoms with Gasteiger partial charge >= 0.3 is 0 Å². The summed E-state index contributed by atoms with van der Waals surface area (Å²) in [6.07, 6.45) is 1.74. The van der Waals surface area contributed by atoms with Gasteiger partial charge in [0.05, 0.1) is 5.57 Å². The number of amidine groups is 2. The number of aliphatic imine (C=N–C) groups is 1. The summed E-state index contributed by atoms with van der Waals surface area (Å²) < 4.78 is 8.07. The fraction of sp³-hybridized carbons (Fsp3) is 0.214. The van der Waals surface area contributed by atoms with E-state index < -0.39 is 5.91 Å². The molecular weight excluding hydrogens is 470 g/mol. The van der Waals surface area contributed by atoms with Crippen LogP contribution in [0.1, 0.15) is 33.6 Å². The van der Waals surface area contributed by atoms with Gasteiger partial charge in [0.25, 0.3) is 5.91 Å². The van der Waals surface area contributed by atoms with Crippen molar-refractivity contribution in [3.8, 4) is 11.4 Å². The third kappa shape index (κ3) is 4.40. The van der Waals surface area contributed by atoms with Crippen LogP contribution in [-0.2, 0) is 4.79 Å². The smallest absolute Gasteiger partial charge is 0.283 e. The van der Waals surface area contributed by atoms with Crippen LogP contribution < -0.4 is 4.74 Å². The summed E-state index contributed by atoms with van der Waals surface area (Å²) in [7, 11) is 0. The lowest BCUT2D eigenvalue weighted by Crippen LogP contribution is -2.35. The number of hydrogen-bond donors (Lipinski definition) is 1. The van der Waals surface area contributed by atoms with Gasteiger partial charge in [-0.05, 0) is 99.0 Å². The first-order chi connectivity index (χ1) is 17.2. The third-order valence-electron chi connectivity index (χ3n) is 6.18. The summed E-state index contributed by atoms with van der Waals surface area (Å²) in [5.74, 6) is 0.351. The third-order valence-corrected chi connectivity index (χ3v) is 7.06. The molecule has 5 rings (SSSR count). The first-order valence-electron chi connectivity index (χ1n) is 11.7. The first kappa shape index (κ1) is 23.8. The number of amides is 1. The van der Waals surface area contributed by atoms with Crippen LogP contribution in [0.3, 0.4) is 0 Å². The van der Waals surface area contributed by atoms with Crippen molar-refractivity contribution in [2.24, 2.45) is 10.1 Å². The molecule has 3 aromatic rings. The molecule has 2 aromatic carbocycles. The maximum atomic E-state index is 12.9. The van der Waals surface area contributed by atoms with Gasteiger partial charge in [0.2, 0.25) is 5.17 Å². The highest BCUT2D eigenvalue weighted by Crippen LogP contribution is 2.30. The Balaban J connectivity index is 1.42. The predicted octanol–water partition coefficient (Wildman–Crippen LogP) is 5.72. The molecule has 0 radical (unpaired) electrons. The highest BCUT2D eigenvalue weighted by Gasteiger charge is 2.36. The van der Waals surface area contributed by atoms with Gasteiger partial charge in [-0.1, -0.05) is 24.3 Å². The molecule has 2 aliphatic rings. The second-order valence-electron chi connectivity index (χ2n) is 9.08.